The topological polar surface area (TPSA) is 119 Å². The Morgan fingerprint density at radius 1 is 1.24 bits per heavy atom. The third kappa shape index (κ3) is 5.25. The molecule has 3 aromatic rings. The maximum Gasteiger partial charge on any atom is 0.240 e. The summed E-state index contributed by atoms with van der Waals surface area (Å²) in [5.74, 6) is 0.301. The molecule has 9 nitrogen and oxygen atoms in total. The summed E-state index contributed by atoms with van der Waals surface area (Å²) in [4.78, 5) is 11.6. The van der Waals surface area contributed by atoms with Gasteiger partial charge in [0.15, 0.2) is 0 Å². The molecule has 0 unspecified atom stereocenters. The van der Waals surface area contributed by atoms with Gasteiger partial charge in [0.25, 0.3) is 0 Å². The molecule has 34 heavy (non-hydrogen) atoms. The maximum absolute atomic E-state index is 13.1. The average molecular weight is 506 g/mol. The number of halogens is 1. The zero-order valence-electron chi connectivity index (χ0n) is 19.9. The SMILES string of the molecule is CCN1CCC[C@@H]1CNS(=O)(=O)c1ccc(C)c(-c2cnc(N)c(-c3cn(C)nc3C)n2)c1.Cl. The van der Waals surface area contributed by atoms with E-state index in [1.165, 1.54) is 0 Å². The number of nitrogens with one attached hydrogen (secondary N) is 1. The molecule has 184 valence electrons. The van der Waals surface area contributed by atoms with Crippen molar-refractivity contribution in [1.82, 2.24) is 29.4 Å². The van der Waals surface area contributed by atoms with Gasteiger partial charge < -0.3 is 5.73 Å². The molecular weight excluding hydrogens is 474 g/mol. The lowest BCUT2D eigenvalue weighted by molar-refractivity contribution is 0.268. The zero-order chi connectivity index (χ0) is 23.8. The van der Waals surface area contributed by atoms with Crippen LogP contribution in [0.25, 0.3) is 22.5 Å². The van der Waals surface area contributed by atoms with E-state index in [-0.39, 0.29) is 23.3 Å². The van der Waals surface area contributed by atoms with Crippen LogP contribution in [0.15, 0.2) is 35.5 Å². The Kier molecular flexibility index (Phi) is 7.97. The second kappa shape index (κ2) is 10.4. The summed E-state index contributed by atoms with van der Waals surface area (Å²) in [6.45, 7) is 8.27. The number of benzene rings is 1. The highest BCUT2D eigenvalue weighted by atomic mass is 35.5. The third-order valence-electron chi connectivity index (χ3n) is 6.28. The predicted molar refractivity (Wildman–Crippen MR) is 136 cm³/mol. The molecule has 3 N–H and O–H groups in total. The molecule has 1 fully saturated rings. The first-order valence-electron chi connectivity index (χ1n) is 11.2. The highest BCUT2D eigenvalue weighted by Gasteiger charge is 2.25. The van der Waals surface area contributed by atoms with Crippen molar-refractivity contribution < 1.29 is 8.42 Å². The van der Waals surface area contributed by atoms with Crippen molar-refractivity contribution in [3.63, 3.8) is 0 Å². The fraction of sp³-hybridized carbons (Fsp3) is 0.435. The second-order valence-electron chi connectivity index (χ2n) is 8.54. The zero-order valence-corrected chi connectivity index (χ0v) is 21.6. The first-order valence-corrected chi connectivity index (χ1v) is 12.7. The molecular formula is C23H32ClN7O2S. The lowest BCUT2D eigenvalue weighted by atomic mass is 10.1. The van der Waals surface area contributed by atoms with E-state index >= 15 is 0 Å². The van der Waals surface area contributed by atoms with Gasteiger partial charge in [-0.1, -0.05) is 13.0 Å². The number of likely N-dealkylation sites (N-methyl/N-ethyl adjacent to an activating group) is 1. The van der Waals surface area contributed by atoms with Crippen molar-refractivity contribution in [3.8, 4) is 22.5 Å². The van der Waals surface area contributed by atoms with Gasteiger partial charge in [0, 0.05) is 37.0 Å². The standard InChI is InChI=1S/C23H31N7O2S.ClH/c1-5-30-10-6-7-17(30)12-26-33(31,32)18-9-8-15(2)19(11-18)21-13-25-23(24)22(27-21)20-14-29(4)28-16(20)3;/h8-9,11,13-14,17,26H,5-7,10,12H2,1-4H3,(H2,24,25);1H/t17-;/m1./s1. The Hall–Kier alpha value is -2.53. The number of anilines is 1. The van der Waals surface area contributed by atoms with Crippen LogP contribution in [0.2, 0.25) is 0 Å². The molecule has 0 bridgehead atoms. The maximum atomic E-state index is 13.1. The summed E-state index contributed by atoms with van der Waals surface area (Å²) in [7, 11) is -1.83. The number of hydrogen-bond acceptors (Lipinski definition) is 7. The first-order chi connectivity index (χ1) is 15.7. The van der Waals surface area contributed by atoms with E-state index in [1.54, 1.807) is 29.1 Å². The predicted octanol–water partition coefficient (Wildman–Crippen LogP) is 2.93. The quantitative estimate of drug-likeness (QED) is 0.506. The van der Waals surface area contributed by atoms with Gasteiger partial charge in [-0.3, -0.25) is 9.58 Å². The molecule has 0 spiro atoms. The van der Waals surface area contributed by atoms with Crippen LogP contribution in [0, 0.1) is 13.8 Å². The monoisotopic (exact) mass is 505 g/mol. The largest absolute Gasteiger partial charge is 0.382 e. The van der Waals surface area contributed by atoms with E-state index in [9.17, 15) is 8.42 Å². The minimum Gasteiger partial charge on any atom is -0.382 e. The Balaban J connectivity index is 0.00000324. The molecule has 1 aliphatic heterocycles. The minimum absolute atomic E-state index is 0. The molecule has 1 saturated heterocycles. The summed E-state index contributed by atoms with van der Waals surface area (Å²) < 4.78 is 30.6. The number of rotatable bonds is 7. The van der Waals surface area contributed by atoms with Crippen LogP contribution >= 0.6 is 12.4 Å². The first kappa shape index (κ1) is 26.1. The normalized spacial score (nSPS) is 16.5. The van der Waals surface area contributed by atoms with E-state index in [2.05, 4.69) is 26.6 Å². The molecule has 0 saturated carbocycles. The smallest absolute Gasteiger partial charge is 0.240 e. The Labute approximate surface area is 207 Å². The number of sulfonamides is 1. The van der Waals surface area contributed by atoms with Crippen molar-refractivity contribution >= 4 is 28.2 Å². The number of nitrogen functional groups attached to an aromatic ring is 1. The molecule has 1 aromatic carbocycles. The summed E-state index contributed by atoms with van der Waals surface area (Å²) in [5.41, 5.74) is 10.4. The molecule has 1 aliphatic rings. The van der Waals surface area contributed by atoms with E-state index < -0.39 is 10.0 Å². The van der Waals surface area contributed by atoms with E-state index in [4.69, 9.17) is 10.7 Å². The third-order valence-corrected chi connectivity index (χ3v) is 7.70. The highest BCUT2D eigenvalue weighted by molar-refractivity contribution is 7.89. The van der Waals surface area contributed by atoms with Gasteiger partial charge >= 0.3 is 0 Å². The van der Waals surface area contributed by atoms with Crippen LogP contribution in [0.1, 0.15) is 31.0 Å². The lowest BCUT2D eigenvalue weighted by Crippen LogP contribution is -2.40. The van der Waals surface area contributed by atoms with Gasteiger partial charge in [-0.15, -0.1) is 12.4 Å². The Bertz CT molecular complexity index is 1280. The number of nitrogens with two attached hydrogens (primary N) is 1. The van der Waals surface area contributed by atoms with Crippen molar-refractivity contribution in [1.29, 1.82) is 0 Å². The summed E-state index contributed by atoms with van der Waals surface area (Å²) >= 11 is 0. The van der Waals surface area contributed by atoms with Crippen LogP contribution in [0.5, 0.6) is 0 Å². The van der Waals surface area contributed by atoms with Gasteiger partial charge in [0.2, 0.25) is 10.0 Å². The lowest BCUT2D eigenvalue weighted by Gasteiger charge is -2.23. The van der Waals surface area contributed by atoms with Crippen LogP contribution < -0.4 is 10.5 Å². The van der Waals surface area contributed by atoms with Crippen molar-refractivity contribution in [2.24, 2.45) is 7.05 Å². The number of likely N-dealkylation sites (tertiary alicyclic amines) is 1. The number of hydrogen-bond donors (Lipinski definition) is 2. The van der Waals surface area contributed by atoms with Gasteiger partial charge in [-0.05, 0) is 57.5 Å². The minimum atomic E-state index is -3.66. The molecule has 0 aliphatic carbocycles. The van der Waals surface area contributed by atoms with Crippen molar-refractivity contribution in [3.05, 3.63) is 41.9 Å². The molecule has 4 rings (SSSR count). The van der Waals surface area contributed by atoms with Gasteiger partial charge in [0.1, 0.15) is 11.5 Å². The molecule has 11 heteroatoms. The molecule has 0 amide bonds. The van der Waals surface area contributed by atoms with Crippen LogP contribution in [0.4, 0.5) is 5.82 Å². The molecule has 3 heterocycles. The van der Waals surface area contributed by atoms with Crippen molar-refractivity contribution in [2.45, 2.75) is 44.6 Å². The summed E-state index contributed by atoms with van der Waals surface area (Å²) in [6, 6.07) is 5.32. The summed E-state index contributed by atoms with van der Waals surface area (Å²) in [5, 5.41) is 4.36. The number of aromatic nitrogens is 4. The Morgan fingerprint density at radius 3 is 2.68 bits per heavy atom. The van der Waals surface area contributed by atoms with E-state index in [0.717, 1.165) is 42.8 Å². The van der Waals surface area contributed by atoms with Crippen LogP contribution in [-0.4, -0.2) is 58.7 Å². The van der Waals surface area contributed by atoms with Gasteiger partial charge in [-0.2, -0.15) is 5.10 Å². The summed E-state index contributed by atoms with van der Waals surface area (Å²) in [6.07, 6.45) is 5.53. The van der Waals surface area contributed by atoms with E-state index in [1.807, 2.05) is 27.1 Å². The van der Waals surface area contributed by atoms with Crippen molar-refractivity contribution in [2.75, 3.05) is 25.4 Å². The fourth-order valence-electron chi connectivity index (χ4n) is 4.43. The van der Waals surface area contributed by atoms with Crippen LogP contribution in [-0.2, 0) is 17.1 Å². The molecule has 0 radical (unpaired) electrons. The van der Waals surface area contributed by atoms with Crippen LogP contribution in [0.3, 0.4) is 0 Å². The van der Waals surface area contributed by atoms with Gasteiger partial charge in [0.05, 0.1) is 22.5 Å². The second-order valence-corrected chi connectivity index (χ2v) is 10.3. The highest BCUT2D eigenvalue weighted by Crippen LogP contribution is 2.30. The number of nitrogens with zero attached hydrogens (tertiary/aromatic N) is 5. The average Bonchev–Trinajstić information content (AvgIpc) is 3.38. The van der Waals surface area contributed by atoms with E-state index in [0.29, 0.717) is 29.3 Å². The molecule has 1 atom stereocenters. The Morgan fingerprint density at radius 2 is 2.00 bits per heavy atom. The number of aryl methyl sites for hydroxylation is 3. The van der Waals surface area contributed by atoms with Gasteiger partial charge in [-0.25, -0.2) is 23.1 Å². The molecule has 2 aromatic heterocycles. The fourth-order valence-corrected chi connectivity index (χ4v) is 5.53.